The van der Waals surface area contributed by atoms with E-state index in [0.29, 0.717) is 39.6 Å². The molecule has 2 heterocycles. The minimum atomic E-state index is -0.306. The lowest BCUT2D eigenvalue weighted by Gasteiger charge is -2.11. The third kappa shape index (κ3) is 4.98. The van der Waals surface area contributed by atoms with E-state index in [1.165, 1.54) is 10.1 Å². The number of hydrogen-bond donors (Lipinski definition) is 0. The number of para-hydroxylation sites is 1. The van der Waals surface area contributed by atoms with Gasteiger partial charge in [0.2, 0.25) is 5.82 Å². The quantitative estimate of drug-likeness (QED) is 0.171. The van der Waals surface area contributed by atoms with Gasteiger partial charge in [0.1, 0.15) is 17.9 Å². The topological polar surface area (TPSA) is 69.6 Å². The molecule has 0 radical (unpaired) electrons. The Bertz CT molecular complexity index is 2220. The Kier molecular flexibility index (Phi) is 6.82. The number of aromatic nitrogens is 2. The van der Waals surface area contributed by atoms with Crippen molar-refractivity contribution < 1.29 is 9.15 Å². The lowest BCUT2D eigenvalue weighted by Crippen LogP contribution is -2.20. The molecule has 0 spiro atoms. The number of hydrogen-bond acceptors (Lipinski definition) is 5. The molecule has 6 nitrogen and oxygen atoms in total. The summed E-state index contributed by atoms with van der Waals surface area (Å²) in [6, 6.07) is 34.4. The Hall–Kier alpha value is -4.72. The van der Waals surface area contributed by atoms with Crippen molar-refractivity contribution in [1.29, 1.82) is 0 Å². The molecule has 7 aromatic rings. The summed E-state index contributed by atoms with van der Waals surface area (Å²) in [5, 5.41) is 8.75. The van der Waals surface area contributed by atoms with E-state index >= 15 is 0 Å². The molecule has 8 heteroatoms. The van der Waals surface area contributed by atoms with Crippen LogP contribution < -0.4 is 10.3 Å². The largest absolute Gasteiger partial charge is 0.488 e. The van der Waals surface area contributed by atoms with Gasteiger partial charge in [-0.15, -0.1) is 0 Å². The first-order valence-electron chi connectivity index (χ1n) is 13.2. The molecule has 0 saturated heterocycles. The molecule has 0 atom stereocenters. The van der Waals surface area contributed by atoms with Crippen molar-refractivity contribution in [3.8, 4) is 17.3 Å². The Balaban J connectivity index is 1.22. The molecular weight excluding hydrogens is 614 g/mol. The van der Waals surface area contributed by atoms with Crippen LogP contribution in [0.15, 0.2) is 128 Å². The average Bonchev–Trinajstić information content (AvgIpc) is 3.43. The summed E-state index contributed by atoms with van der Waals surface area (Å²) in [7, 11) is 0. The lowest BCUT2D eigenvalue weighted by molar-refractivity contribution is 0.305. The molecule has 0 fully saturated rings. The van der Waals surface area contributed by atoms with Gasteiger partial charge in [-0.05, 0) is 92.4 Å². The van der Waals surface area contributed by atoms with E-state index < -0.39 is 0 Å². The van der Waals surface area contributed by atoms with Gasteiger partial charge in [-0.25, -0.2) is 4.98 Å². The summed E-state index contributed by atoms with van der Waals surface area (Å²) in [5.74, 6) is 1.40. The maximum atomic E-state index is 13.6. The Morgan fingerprint density at radius 2 is 1.69 bits per heavy atom. The van der Waals surface area contributed by atoms with Crippen molar-refractivity contribution in [2.45, 2.75) is 6.61 Å². The van der Waals surface area contributed by atoms with Crippen LogP contribution in [0.3, 0.4) is 0 Å². The zero-order valence-electron chi connectivity index (χ0n) is 22.0. The summed E-state index contributed by atoms with van der Waals surface area (Å²) in [6.45, 7) is 0.428. The van der Waals surface area contributed by atoms with Crippen LogP contribution in [0.2, 0.25) is 5.02 Å². The second-order valence-electron chi connectivity index (χ2n) is 9.72. The van der Waals surface area contributed by atoms with Crippen molar-refractivity contribution in [2.24, 2.45) is 5.10 Å². The fourth-order valence-electron chi connectivity index (χ4n) is 4.93. The second-order valence-corrected chi connectivity index (χ2v) is 11.0. The molecular formula is C34H21BrClN3O3. The Morgan fingerprint density at radius 3 is 2.57 bits per heavy atom. The molecule has 0 amide bonds. The first-order valence-corrected chi connectivity index (χ1v) is 14.4. The fraction of sp³-hybridized carbons (Fsp3) is 0.0294. The van der Waals surface area contributed by atoms with Gasteiger partial charge in [-0.1, -0.05) is 66.2 Å². The number of rotatable bonds is 6. The molecule has 0 saturated carbocycles. The summed E-state index contributed by atoms with van der Waals surface area (Å²) < 4.78 is 14.2. The summed E-state index contributed by atoms with van der Waals surface area (Å²) >= 11 is 9.80. The van der Waals surface area contributed by atoms with Crippen LogP contribution in [0.5, 0.6) is 5.75 Å². The molecule has 2 aromatic heterocycles. The summed E-state index contributed by atoms with van der Waals surface area (Å²) in [5.41, 5.74) is 2.75. The van der Waals surface area contributed by atoms with Gasteiger partial charge in [0.25, 0.3) is 5.56 Å². The van der Waals surface area contributed by atoms with Crippen LogP contribution in [-0.2, 0) is 6.61 Å². The highest BCUT2D eigenvalue weighted by molar-refractivity contribution is 9.10. The first kappa shape index (κ1) is 26.2. The van der Waals surface area contributed by atoms with Crippen molar-refractivity contribution in [2.75, 3.05) is 0 Å². The highest BCUT2D eigenvalue weighted by Gasteiger charge is 2.17. The van der Waals surface area contributed by atoms with Crippen LogP contribution in [0, 0.1) is 0 Å². The SMILES string of the molecule is O=c1c2ccccc2nc(-c2cc3cc(Cl)ccc3o2)n1N=Cc1ccc(OCc2cccc3ccccc23)c(Br)c1. The number of halogens is 2. The molecule has 42 heavy (non-hydrogen) atoms. The van der Waals surface area contributed by atoms with Gasteiger partial charge in [0.05, 0.1) is 21.6 Å². The van der Waals surface area contributed by atoms with E-state index in [4.69, 9.17) is 25.7 Å². The van der Waals surface area contributed by atoms with Crippen molar-refractivity contribution in [3.63, 3.8) is 0 Å². The van der Waals surface area contributed by atoms with Crippen LogP contribution in [-0.4, -0.2) is 15.9 Å². The van der Waals surface area contributed by atoms with Crippen LogP contribution >= 0.6 is 27.5 Å². The van der Waals surface area contributed by atoms with Crippen molar-refractivity contribution in [1.82, 2.24) is 9.66 Å². The van der Waals surface area contributed by atoms with Crippen LogP contribution in [0.4, 0.5) is 0 Å². The molecule has 0 aliphatic rings. The molecule has 204 valence electrons. The maximum Gasteiger partial charge on any atom is 0.282 e. The maximum absolute atomic E-state index is 13.6. The molecule has 0 bridgehead atoms. The summed E-state index contributed by atoms with van der Waals surface area (Å²) in [6.07, 6.45) is 1.61. The lowest BCUT2D eigenvalue weighted by atomic mass is 10.1. The molecule has 5 aromatic carbocycles. The summed E-state index contributed by atoms with van der Waals surface area (Å²) in [4.78, 5) is 18.3. The number of furan rings is 1. The van der Waals surface area contributed by atoms with Crippen molar-refractivity contribution in [3.05, 3.63) is 140 Å². The van der Waals surface area contributed by atoms with Gasteiger partial charge >= 0.3 is 0 Å². The van der Waals surface area contributed by atoms with E-state index in [2.05, 4.69) is 45.3 Å². The van der Waals surface area contributed by atoms with E-state index in [0.717, 1.165) is 26.4 Å². The monoisotopic (exact) mass is 633 g/mol. The zero-order chi connectivity index (χ0) is 28.6. The third-order valence-corrected chi connectivity index (χ3v) is 7.85. The minimum Gasteiger partial charge on any atom is -0.488 e. The normalized spacial score (nSPS) is 11.7. The average molecular weight is 635 g/mol. The Labute approximate surface area is 253 Å². The number of fused-ring (bicyclic) bond motifs is 3. The smallest absolute Gasteiger partial charge is 0.282 e. The van der Waals surface area contributed by atoms with E-state index in [1.54, 1.807) is 42.6 Å². The number of nitrogens with zero attached hydrogens (tertiary/aromatic N) is 3. The first-order chi connectivity index (χ1) is 20.5. The Morgan fingerprint density at radius 1 is 0.881 bits per heavy atom. The van der Waals surface area contributed by atoms with E-state index in [9.17, 15) is 4.79 Å². The van der Waals surface area contributed by atoms with E-state index in [-0.39, 0.29) is 11.4 Å². The third-order valence-electron chi connectivity index (χ3n) is 6.99. The van der Waals surface area contributed by atoms with Gasteiger partial charge in [-0.3, -0.25) is 4.79 Å². The van der Waals surface area contributed by atoms with Gasteiger partial charge in [0.15, 0.2) is 5.76 Å². The molecule has 0 aliphatic heterocycles. The number of ether oxygens (including phenoxy) is 1. The molecule has 0 N–H and O–H groups in total. The predicted molar refractivity (Wildman–Crippen MR) is 172 cm³/mol. The van der Waals surface area contributed by atoms with Gasteiger partial charge in [0, 0.05) is 10.4 Å². The van der Waals surface area contributed by atoms with Crippen molar-refractivity contribution >= 4 is 66.4 Å². The number of benzene rings is 5. The van der Waals surface area contributed by atoms with Crippen LogP contribution in [0.25, 0.3) is 44.2 Å². The zero-order valence-corrected chi connectivity index (χ0v) is 24.3. The van der Waals surface area contributed by atoms with Gasteiger partial charge in [-0.2, -0.15) is 9.78 Å². The minimum absolute atomic E-state index is 0.288. The molecule has 7 rings (SSSR count). The van der Waals surface area contributed by atoms with E-state index in [1.807, 2.05) is 48.5 Å². The predicted octanol–water partition coefficient (Wildman–Crippen LogP) is 8.84. The molecule has 0 unspecified atom stereocenters. The van der Waals surface area contributed by atoms with Gasteiger partial charge < -0.3 is 9.15 Å². The molecule has 0 aliphatic carbocycles. The standard InChI is InChI=1S/C34H21BrClN3O3/c35-28-16-21(12-14-31(28)41-20-23-8-5-7-22-6-1-2-9-26(22)23)19-37-39-33(38-29-11-4-3-10-27(29)34(39)40)32-18-24-17-25(36)13-15-30(24)42-32/h1-19H,20H2. The second kappa shape index (κ2) is 10.9. The highest BCUT2D eigenvalue weighted by Crippen LogP contribution is 2.30. The fourth-order valence-corrected chi connectivity index (χ4v) is 5.62. The highest BCUT2D eigenvalue weighted by atomic mass is 79.9. The van der Waals surface area contributed by atoms with Crippen LogP contribution in [0.1, 0.15) is 11.1 Å².